The Morgan fingerprint density at radius 1 is 1.29 bits per heavy atom. The Bertz CT molecular complexity index is 1340. The van der Waals surface area contributed by atoms with E-state index in [4.69, 9.17) is 10.5 Å². The summed E-state index contributed by atoms with van der Waals surface area (Å²) in [7, 11) is 1.99. The van der Waals surface area contributed by atoms with Crippen LogP contribution in [0.5, 0.6) is 11.5 Å². The fourth-order valence-electron chi connectivity index (χ4n) is 5.18. The van der Waals surface area contributed by atoms with Crippen LogP contribution in [0.3, 0.4) is 0 Å². The number of imidazole rings is 1. The lowest BCUT2D eigenvalue weighted by molar-refractivity contribution is -0.125. The average molecular weight is 515 g/mol. The number of likely N-dealkylation sites (tertiary alicyclic amines) is 1. The maximum Gasteiger partial charge on any atom is 0.312 e. The lowest BCUT2D eigenvalue weighted by Gasteiger charge is -2.31. The van der Waals surface area contributed by atoms with Crippen LogP contribution in [-0.2, 0) is 23.2 Å². The molecule has 4 rings (SSSR count). The molecule has 0 bridgehead atoms. The highest BCUT2D eigenvalue weighted by molar-refractivity contribution is 5.92. The van der Waals surface area contributed by atoms with E-state index in [0.717, 1.165) is 42.6 Å². The number of Topliss-reactive ketones (excluding diaryl/α,β-unsaturated/α-hetero) is 1. The average Bonchev–Trinajstić information content (AvgIpc) is 3.26. The molecule has 1 aromatic heterocycles. The normalized spacial score (nSPS) is 18.0. The Hall–Kier alpha value is -4.16. The minimum atomic E-state index is -0.561. The molecule has 0 radical (unpaired) electrons. The number of primary amides is 1. The molecule has 0 saturated carbocycles. The van der Waals surface area contributed by atoms with Gasteiger partial charge >= 0.3 is 6.03 Å². The van der Waals surface area contributed by atoms with Crippen LogP contribution in [0, 0.1) is 11.3 Å². The molecule has 38 heavy (non-hydrogen) atoms. The van der Waals surface area contributed by atoms with Crippen molar-refractivity contribution in [3.63, 3.8) is 0 Å². The number of nitrogens with two attached hydrogens (primary N) is 1. The minimum absolute atomic E-state index is 0.235. The van der Waals surface area contributed by atoms with E-state index < -0.39 is 11.4 Å². The first-order chi connectivity index (χ1) is 18.3. The summed E-state index contributed by atoms with van der Waals surface area (Å²) >= 11 is 0. The highest BCUT2D eigenvalue weighted by Crippen LogP contribution is 2.38. The fraction of sp³-hybridized carbons (Fsp3) is 0.379. The molecule has 2 heterocycles. The molecule has 1 unspecified atom stereocenters. The standard InChI is InChI=1S/C29H34N6O3/c1-3-29(11-5-13-34(2)19-27(29)36)23-6-4-7-25(15-23)38-26-14-21(8-9-22(26)16-30)18-35-20-32-17-24(35)10-12-33-28(31)37/h4,6-9,14-15,17,20H,3,5,10-13,18-19H2,1-2H3,(H3,31,33,37). The molecule has 1 fully saturated rings. The molecule has 0 aliphatic carbocycles. The molecule has 9 heteroatoms. The van der Waals surface area contributed by atoms with Gasteiger partial charge in [0.2, 0.25) is 0 Å². The van der Waals surface area contributed by atoms with E-state index in [0.29, 0.717) is 43.1 Å². The number of carbonyl (C=O) groups is 2. The third-order valence-corrected chi connectivity index (χ3v) is 7.31. The number of benzene rings is 2. The zero-order valence-electron chi connectivity index (χ0n) is 21.9. The van der Waals surface area contributed by atoms with Crippen LogP contribution in [0.2, 0.25) is 0 Å². The lowest BCUT2D eigenvalue weighted by Crippen LogP contribution is -2.38. The number of ether oxygens (including phenoxy) is 1. The molecule has 2 amide bonds. The van der Waals surface area contributed by atoms with Gasteiger partial charge in [-0.1, -0.05) is 25.1 Å². The van der Waals surface area contributed by atoms with Gasteiger partial charge in [-0.05, 0) is 68.2 Å². The van der Waals surface area contributed by atoms with Crippen LogP contribution >= 0.6 is 0 Å². The topological polar surface area (TPSA) is 126 Å². The monoisotopic (exact) mass is 514 g/mol. The van der Waals surface area contributed by atoms with E-state index in [1.165, 1.54) is 0 Å². The number of hydrogen-bond acceptors (Lipinski definition) is 6. The van der Waals surface area contributed by atoms with Crippen LogP contribution in [0.1, 0.15) is 48.6 Å². The molecule has 3 aromatic rings. The Labute approximate surface area is 223 Å². The third-order valence-electron chi connectivity index (χ3n) is 7.31. The van der Waals surface area contributed by atoms with Gasteiger partial charge < -0.3 is 20.4 Å². The van der Waals surface area contributed by atoms with E-state index in [-0.39, 0.29) is 5.78 Å². The van der Waals surface area contributed by atoms with Gasteiger partial charge in [0.1, 0.15) is 17.6 Å². The SMILES string of the molecule is CCC1(c2cccc(Oc3cc(Cn4cncc4CCNC(N)=O)ccc3C#N)c2)CCCN(C)CC1=O. The van der Waals surface area contributed by atoms with Gasteiger partial charge in [-0.25, -0.2) is 9.78 Å². The van der Waals surface area contributed by atoms with Crippen molar-refractivity contribution in [3.8, 4) is 17.6 Å². The van der Waals surface area contributed by atoms with Crippen molar-refractivity contribution in [2.45, 2.75) is 44.6 Å². The van der Waals surface area contributed by atoms with Crippen molar-refractivity contribution in [1.29, 1.82) is 5.26 Å². The molecule has 1 saturated heterocycles. The number of nitrogens with zero attached hydrogens (tertiary/aromatic N) is 4. The first kappa shape index (κ1) is 26.9. The van der Waals surface area contributed by atoms with Crippen molar-refractivity contribution >= 4 is 11.8 Å². The van der Waals surface area contributed by atoms with Gasteiger partial charge in [-0.2, -0.15) is 5.26 Å². The number of urea groups is 1. The maximum atomic E-state index is 13.3. The van der Waals surface area contributed by atoms with E-state index in [9.17, 15) is 14.9 Å². The molecule has 2 aromatic carbocycles. The molecule has 198 valence electrons. The van der Waals surface area contributed by atoms with E-state index in [2.05, 4.69) is 28.2 Å². The number of amides is 2. The minimum Gasteiger partial charge on any atom is -0.456 e. The van der Waals surface area contributed by atoms with Crippen molar-refractivity contribution in [2.75, 3.05) is 26.7 Å². The quantitative estimate of drug-likeness (QED) is 0.448. The van der Waals surface area contributed by atoms with Crippen molar-refractivity contribution < 1.29 is 14.3 Å². The molecular formula is C29H34N6O3. The summed E-state index contributed by atoms with van der Waals surface area (Å²) < 4.78 is 8.24. The fourth-order valence-corrected chi connectivity index (χ4v) is 5.18. The molecular weight excluding hydrogens is 480 g/mol. The number of likely N-dealkylation sites (N-methyl/N-ethyl adjacent to an activating group) is 1. The number of nitriles is 1. The van der Waals surface area contributed by atoms with Crippen molar-refractivity contribution in [1.82, 2.24) is 19.8 Å². The molecule has 3 N–H and O–H groups in total. The second kappa shape index (κ2) is 11.9. The smallest absolute Gasteiger partial charge is 0.312 e. The number of carbonyl (C=O) groups excluding carboxylic acids is 2. The Morgan fingerprint density at radius 3 is 2.89 bits per heavy atom. The Balaban J connectivity index is 1.57. The van der Waals surface area contributed by atoms with Crippen LogP contribution < -0.4 is 15.8 Å². The molecule has 1 aliphatic rings. The summed E-state index contributed by atoms with van der Waals surface area (Å²) in [5, 5.41) is 12.3. The molecule has 1 aliphatic heterocycles. The summed E-state index contributed by atoms with van der Waals surface area (Å²) in [6, 6.07) is 14.9. The second-order valence-corrected chi connectivity index (χ2v) is 9.83. The van der Waals surface area contributed by atoms with Gasteiger partial charge in [-0.3, -0.25) is 9.69 Å². The number of ketones is 1. The van der Waals surface area contributed by atoms with Gasteiger partial charge in [0.05, 0.1) is 23.9 Å². The summed E-state index contributed by atoms with van der Waals surface area (Å²) in [5.74, 6) is 1.28. The molecule has 9 nitrogen and oxygen atoms in total. The molecule has 1 atom stereocenters. The first-order valence-corrected chi connectivity index (χ1v) is 12.9. The highest BCUT2D eigenvalue weighted by Gasteiger charge is 2.39. The number of hydrogen-bond donors (Lipinski definition) is 2. The third kappa shape index (κ3) is 6.03. The van der Waals surface area contributed by atoms with Gasteiger partial charge in [0.25, 0.3) is 0 Å². The first-order valence-electron chi connectivity index (χ1n) is 12.9. The Kier molecular flexibility index (Phi) is 8.44. The summed E-state index contributed by atoms with van der Waals surface area (Å²) in [5.41, 5.74) is 7.88. The van der Waals surface area contributed by atoms with Gasteiger partial charge in [-0.15, -0.1) is 0 Å². The van der Waals surface area contributed by atoms with E-state index >= 15 is 0 Å². The lowest BCUT2D eigenvalue weighted by atomic mass is 9.71. The number of nitrogens with one attached hydrogen (secondary N) is 1. The van der Waals surface area contributed by atoms with Crippen LogP contribution in [0.4, 0.5) is 4.79 Å². The highest BCUT2D eigenvalue weighted by atomic mass is 16.5. The zero-order valence-corrected chi connectivity index (χ0v) is 21.9. The van der Waals surface area contributed by atoms with Crippen LogP contribution in [0.15, 0.2) is 55.0 Å². The molecule has 0 spiro atoms. The zero-order chi connectivity index (χ0) is 27.1. The largest absolute Gasteiger partial charge is 0.456 e. The predicted molar refractivity (Wildman–Crippen MR) is 144 cm³/mol. The summed E-state index contributed by atoms with van der Waals surface area (Å²) in [6.07, 6.45) is 6.56. The van der Waals surface area contributed by atoms with Crippen LogP contribution in [-0.4, -0.2) is 52.9 Å². The van der Waals surface area contributed by atoms with E-state index in [1.54, 1.807) is 18.6 Å². The maximum absolute atomic E-state index is 13.3. The van der Waals surface area contributed by atoms with Gasteiger partial charge in [0.15, 0.2) is 5.78 Å². The number of aromatic nitrogens is 2. The predicted octanol–water partition coefficient (Wildman–Crippen LogP) is 3.75. The van der Waals surface area contributed by atoms with Gasteiger partial charge in [0, 0.05) is 31.4 Å². The summed E-state index contributed by atoms with van der Waals surface area (Å²) in [6.45, 7) is 4.35. The second-order valence-electron chi connectivity index (χ2n) is 9.83. The van der Waals surface area contributed by atoms with Crippen molar-refractivity contribution in [2.24, 2.45) is 5.73 Å². The summed E-state index contributed by atoms with van der Waals surface area (Å²) in [4.78, 5) is 30.6. The Morgan fingerprint density at radius 2 is 2.13 bits per heavy atom. The van der Waals surface area contributed by atoms with E-state index in [1.807, 2.05) is 48.0 Å². The van der Waals surface area contributed by atoms with Crippen molar-refractivity contribution in [3.05, 3.63) is 77.4 Å². The van der Waals surface area contributed by atoms with Crippen LogP contribution in [0.25, 0.3) is 0 Å². The number of rotatable bonds is 9.